The van der Waals surface area contributed by atoms with Gasteiger partial charge in [-0.3, -0.25) is 0 Å². The molecule has 4 rings (SSSR count). The van der Waals surface area contributed by atoms with Gasteiger partial charge in [-0.15, -0.1) is 0 Å². The van der Waals surface area contributed by atoms with E-state index < -0.39 is 0 Å². The molecule has 0 radical (unpaired) electrons. The summed E-state index contributed by atoms with van der Waals surface area (Å²) >= 11 is 5.98. The molecule has 1 heterocycles. The van der Waals surface area contributed by atoms with Crippen molar-refractivity contribution < 1.29 is 4.74 Å². The molecule has 0 N–H and O–H groups in total. The molecular weight excluding hydrogens is 459 g/mol. The first kappa shape index (κ1) is 20.2. The number of hydrogen-bond donors (Lipinski definition) is 0. The maximum absolute atomic E-state index is 9.65. The van der Waals surface area contributed by atoms with Gasteiger partial charge >= 0.3 is 181 Å². The van der Waals surface area contributed by atoms with Gasteiger partial charge in [0.25, 0.3) is 0 Å². The maximum atomic E-state index is 9.65. The summed E-state index contributed by atoms with van der Waals surface area (Å²) in [5.74, 6) is 0.795. The first-order valence-electron chi connectivity index (χ1n) is 9.32. The second kappa shape index (κ2) is 9.61. The van der Waals surface area contributed by atoms with E-state index in [1.807, 2.05) is 84.9 Å². The quantitative estimate of drug-likeness (QED) is 0.250. The van der Waals surface area contributed by atoms with Crippen molar-refractivity contribution in [3.63, 3.8) is 0 Å². The van der Waals surface area contributed by atoms with Crippen molar-refractivity contribution in [2.45, 2.75) is 6.61 Å². The van der Waals surface area contributed by atoms with Crippen molar-refractivity contribution in [1.29, 1.82) is 5.26 Å². The Morgan fingerprint density at radius 3 is 2.43 bits per heavy atom. The van der Waals surface area contributed by atoms with E-state index >= 15 is 0 Å². The normalized spacial score (nSPS) is 11.1. The fraction of sp³-hybridized carbons (Fsp3) is 0.0400. The number of hydrogen-bond acceptors (Lipinski definition) is 3. The Hall–Kier alpha value is -3.09. The van der Waals surface area contributed by atoms with Gasteiger partial charge in [0.1, 0.15) is 0 Å². The zero-order chi connectivity index (χ0) is 20.8. The third kappa shape index (κ3) is 5.09. The van der Waals surface area contributed by atoms with Crippen LogP contribution in [0.3, 0.4) is 0 Å². The monoisotopic (exact) mass is 476 g/mol. The second-order valence-electron chi connectivity index (χ2n) is 6.56. The molecule has 4 aromatic rings. The van der Waals surface area contributed by atoms with Crippen LogP contribution >= 0.6 is 11.6 Å². The van der Waals surface area contributed by atoms with Gasteiger partial charge in [0.2, 0.25) is 0 Å². The van der Waals surface area contributed by atoms with Gasteiger partial charge in [-0.1, -0.05) is 6.07 Å². The third-order valence-electron chi connectivity index (χ3n) is 4.43. The van der Waals surface area contributed by atoms with Crippen LogP contribution in [0.4, 0.5) is 0 Å². The summed E-state index contributed by atoms with van der Waals surface area (Å²) in [7, 11) is 0. The molecule has 0 saturated heterocycles. The molecule has 3 nitrogen and oxygen atoms in total. The summed E-state index contributed by atoms with van der Waals surface area (Å²) < 4.78 is 6.66. The fourth-order valence-corrected chi connectivity index (χ4v) is 4.65. The Morgan fingerprint density at radius 1 is 1.00 bits per heavy atom. The molecule has 0 aliphatic heterocycles. The molecule has 0 amide bonds. The van der Waals surface area contributed by atoms with Crippen molar-refractivity contribution in [1.82, 2.24) is 4.98 Å². The van der Waals surface area contributed by atoms with Crippen molar-refractivity contribution >= 4 is 37.8 Å². The first-order valence-corrected chi connectivity index (χ1v) is 11.5. The second-order valence-corrected chi connectivity index (χ2v) is 8.79. The molecule has 146 valence electrons. The zero-order valence-electron chi connectivity index (χ0n) is 16.0. The average molecular weight is 476 g/mol. The Kier molecular flexibility index (Phi) is 6.47. The number of nitriles is 1. The van der Waals surface area contributed by atoms with Gasteiger partial charge in [-0.25, -0.2) is 0 Å². The number of halogens is 1. The number of ether oxygens (including phenoxy) is 1. The molecule has 5 heteroatoms. The van der Waals surface area contributed by atoms with E-state index in [2.05, 4.69) is 16.0 Å². The molecule has 3 aromatic carbocycles. The molecule has 0 fully saturated rings. The number of rotatable bonds is 6. The minimum atomic E-state index is 0.0231. The fourth-order valence-electron chi connectivity index (χ4n) is 2.86. The summed E-state index contributed by atoms with van der Waals surface area (Å²) in [6, 6.07) is 27.7. The number of benzene rings is 3. The van der Waals surface area contributed by atoms with E-state index in [4.69, 9.17) is 16.3 Å². The van der Waals surface area contributed by atoms with E-state index in [0.717, 1.165) is 32.7 Å². The summed E-state index contributed by atoms with van der Waals surface area (Å²) in [6.07, 6.45) is 1.88. The van der Waals surface area contributed by atoms with Crippen molar-refractivity contribution in [3.8, 4) is 23.1 Å². The topological polar surface area (TPSA) is 45.9 Å². The van der Waals surface area contributed by atoms with E-state index in [0.29, 0.717) is 17.2 Å². The van der Waals surface area contributed by atoms with Gasteiger partial charge in [-0.2, -0.15) is 0 Å². The molecular formula is C25H17ClN2OSe. The molecule has 0 saturated carbocycles. The summed E-state index contributed by atoms with van der Waals surface area (Å²) in [5.41, 5.74) is 4.56. The standard InChI is InChI=1S/C25H17ClN2OSe/c26-22-10-8-20(9-11-22)24-17-30-25(28-24)21(15-27)14-18-6-12-23(13-7-18)29-16-19-4-2-1-3-5-19/h1-14,17H,16H2/b21-14-. The van der Waals surface area contributed by atoms with Gasteiger partial charge in [0.15, 0.2) is 0 Å². The van der Waals surface area contributed by atoms with Gasteiger partial charge in [0.05, 0.1) is 0 Å². The van der Waals surface area contributed by atoms with E-state index in [1.54, 1.807) is 0 Å². The number of allylic oxidation sites excluding steroid dienone is 1. The van der Waals surface area contributed by atoms with Crippen LogP contribution in [0.1, 0.15) is 15.7 Å². The van der Waals surface area contributed by atoms with Crippen molar-refractivity contribution in [2.24, 2.45) is 0 Å². The molecule has 1 aromatic heterocycles. The van der Waals surface area contributed by atoms with Gasteiger partial charge in [-0.05, 0) is 0 Å². The third-order valence-corrected chi connectivity index (χ3v) is 6.52. The van der Waals surface area contributed by atoms with Crippen LogP contribution in [0.15, 0.2) is 83.8 Å². The average Bonchev–Trinajstić information content (AvgIpc) is 3.28. The molecule has 0 aliphatic rings. The first-order chi connectivity index (χ1) is 14.7. The van der Waals surface area contributed by atoms with Gasteiger partial charge < -0.3 is 0 Å². The Balaban J connectivity index is 1.47. The SMILES string of the molecule is N#C/C(=C/c1ccc(OCc2ccccc2)cc1)c1nc(-c2ccc(Cl)cc2)c[se]1. The van der Waals surface area contributed by atoms with Crippen LogP contribution < -0.4 is 4.74 Å². The summed E-state index contributed by atoms with van der Waals surface area (Å²) in [6.45, 7) is 0.526. The summed E-state index contributed by atoms with van der Waals surface area (Å²) in [5, 5.41) is 10.3. The Bertz CT molecular complexity index is 1190. The summed E-state index contributed by atoms with van der Waals surface area (Å²) in [4.78, 5) is 6.78. The Morgan fingerprint density at radius 2 is 1.73 bits per heavy atom. The molecule has 0 unspecified atom stereocenters. The van der Waals surface area contributed by atoms with Crippen LogP contribution in [0.5, 0.6) is 5.75 Å². The zero-order valence-corrected chi connectivity index (χ0v) is 18.4. The number of aromatic nitrogens is 1. The molecule has 0 aliphatic carbocycles. The number of nitrogens with zero attached hydrogens (tertiary/aromatic N) is 2. The predicted molar refractivity (Wildman–Crippen MR) is 122 cm³/mol. The van der Waals surface area contributed by atoms with E-state index in [-0.39, 0.29) is 14.5 Å². The molecule has 0 bridgehead atoms. The Labute approximate surface area is 186 Å². The molecule has 0 spiro atoms. The van der Waals surface area contributed by atoms with Gasteiger partial charge in [0, 0.05) is 0 Å². The minimum absolute atomic E-state index is 0.0231. The van der Waals surface area contributed by atoms with E-state index in [9.17, 15) is 5.26 Å². The van der Waals surface area contributed by atoms with Crippen molar-refractivity contribution in [2.75, 3.05) is 0 Å². The van der Waals surface area contributed by atoms with Crippen LogP contribution in [0, 0.1) is 11.3 Å². The van der Waals surface area contributed by atoms with Crippen LogP contribution in [-0.4, -0.2) is 19.5 Å². The molecule has 0 atom stereocenters. The van der Waals surface area contributed by atoms with Crippen LogP contribution in [0.2, 0.25) is 5.02 Å². The van der Waals surface area contributed by atoms with E-state index in [1.165, 1.54) is 0 Å². The predicted octanol–water partition coefficient (Wildman–Crippen LogP) is 6.10. The molecule has 30 heavy (non-hydrogen) atoms. The van der Waals surface area contributed by atoms with Crippen molar-refractivity contribution in [3.05, 3.63) is 105 Å². The van der Waals surface area contributed by atoms with Crippen LogP contribution in [-0.2, 0) is 6.61 Å². The van der Waals surface area contributed by atoms with Crippen LogP contribution in [0.25, 0.3) is 22.9 Å².